The fourth-order valence-corrected chi connectivity index (χ4v) is 5.33. The second-order valence-corrected chi connectivity index (χ2v) is 11.2. The van der Waals surface area contributed by atoms with Crippen LogP contribution in [0.2, 0.25) is 0 Å². The molecule has 4 fully saturated rings. The van der Waals surface area contributed by atoms with Gasteiger partial charge in [0.15, 0.2) is 25.2 Å². The van der Waals surface area contributed by atoms with Crippen LogP contribution in [0.4, 0.5) is 0 Å². The average Bonchev–Trinajstić information content (AvgIpc) is 3.02. The molecule has 0 aliphatic carbocycles. The third kappa shape index (κ3) is 7.75. The summed E-state index contributed by atoms with van der Waals surface area (Å²) in [5.74, 6) is 0. The maximum absolute atomic E-state index is 10.9. The summed E-state index contributed by atoms with van der Waals surface area (Å²) < 4.78 is 37.4. The molecule has 0 saturated carbocycles. The standard InChI is InChI=1S/C24H42O21/c25-1-5-9(27)14(32)18(36)24(43-5)45-20-12(30)6(2-26)42-23(19(20)37)40-4-8-11(29)15(33)17(35)22(44-8)39-3-7-10(28)13(31)16(34)21(38)41-7/h5-38H,1-4H2/t5-,6-,7-,8-,9-,10-,11-,12-,13+,14+,15+,16-,17-,18-,19-,20+,21-,22+,23+,24-/m1/s1. The Morgan fingerprint density at radius 3 is 1.33 bits per heavy atom. The highest BCUT2D eigenvalue weighted by atomic mass is 16.8. The molecule has 264 valence electrons. The van der Waals surface area contributed by atoms with E-state index in [2.05, 4.69) is 0 Å². The van der Waals surface area contributed by atoms with Gasteiger partial charge in [0.25, 0.3) is 0 Å². The van der Waals surface area contributed by atoms with Gasteiger partial charge in [0.1, 0.15) is 97.7 Å². The maximum atomic E-state index is 10.9. The first-order valence-corrected chi connectivity index (χ1v) is 14.1. The van der Waals surface area contributed by atoms with Crippen molar-refractivity contribution in [3.63, 3.8) is 0 Å². The van der Waals surface area contributed by atoms with Crippen molar-refractivity contribution in [2.24, 2.45) is 0 Å². The smallest absolute Gasteiger partial charge is 0.187 e. The predicted octanol–water partition coefficient (Wildman–Crippen LogP) is -9.75. The zero-order valence-electron chi connectivity index (χ0n) is 23.5. The molecule has 4 aliphatic heterocycles. The van der Waals surface area contributed by atoms with E-state index in [1.165, 1.54) is 0 Å². The van der Waals surface area contributed by atoms with Gasteiger partial charge in [0, 0.05) is 0 Å². The molecule has 4 heterocycles. The molecule has 0 bridgehead atoms. The van der Waals surface area contributed by atoms with Gasteiger partial charge in [-0.3, -0.25) is 0 Å². The molecule has 0 aromatic carbocycles. The van der Waals surface area contributed by atoms with Crippen molar-refractivity contribution >= 4 is 0 Å². The first-order chi connectivity index (χ1) is 21.2. The number of ether oxygens (including phenoxy) is 7. The summed E-state index contributed by atoms with van der Waals surface area (Å²) >= 11 is 0. The Kier molecular flexibility index (Phi) is 12.8. The Morgan fingerprint density at radius 1 is 0.378 bits per heavy atom. The van der Waals surface area contributed by atoms with Crippen LogP contribution < -0.4 is 0 Å². The summed E-state index contributed by atoms with van der Waals surface area (Å²) in [7, 11) is 0. The van der Waals surface area contributed by atoms with Crippen LogP contribution in [0.3, 0.4) is 0 Å². The number of hydrogen-bond donors (Lipinski definition) is 14. The fraction of sp³-hybridized carbons (Fsp3) is 1.00. The minimum absolute atomic E-state index is 0.641. The highest BCUT2D eigenvalue weighted by Crippen LogP contribution is 2.31. The number of hydrogen-bond acceptors (Lipinski definition) is 21. The van der Waals surface area contributed by atoms with E-state index in [1.807, 2.05) is 0 Å². The zero-order valence-corrected chi connectivity index (χ0v) is 23.5. The number of aliphatic hydroxyl groups is 14. The molecule has 0 spiro atoms. The number of aliphatic hydroxyl groups excluding tert-OH is 14. The van der Waals surface area contributed by atoms with Gasteiger partial charge in [-0.1, -0.05) is 0 Å². The van der Waals surface area contributed by atoms with Crippen LogP contribution >= 0.6 is 0 Å². The van der Waals surface area contributed by atoms with Gasteiger partial charge in [-0.2, -0.15) is 0 Å². The molecule has 21 heteroatoms. The molecular weight excluding hydrogens is 624 g/mol. The molecule has 4 aliphatic rings. The van der Waals surface area contributed by atoms with Crippen LogP contribution in [-0.4, -0.2) is 221 Å². The summed E-state index contributed by atoms with van der Waals surface area (Å²) in [6.45, 7) is -2.95. The van der Waals surface area contributed by atoms with Crippen LogP contribution in [0, 0.1) is 0 Å². The van der Waals surface area contributed by atoms with Gasteiger partial charge in [0.05, 0.1) is 26.4 Å². The number of rotatable bonds is 10. The first-order valence-electron chi connectivity index (χ1n) is 14.1. The van der Waals surface area contributed by atoms with Crippen LogP contribution in [0.15, 0.2) is 0 Å². The van der Waals surface area contributed by atoms with Crippen molar-refractivity contribution in [1.29, 1.82) is 0 Å². The minimum atomic E-state index is -1.91. The summed E-state index contributed by atoms with van der Waals surface area (Å²) in [5, 5.41) is 141. The van der Waals surface area contributed by atoms with Gasteiger partial charge in [0.2, 0.25) is 0 Å². The molecule has 45 heavy (non-hydrogen) atoms. The second kappa shape index (κ2) is 15.6. The first kappa shape index (κ1) is 37.0. The summed E-state index contributed by atoms with van der Waals surface area (Å²) in [6, 6.07) is 0. The molecule has 0 aromatic heterocycles. The van der Waals surface area contributed by atoms with Crippen LogP contribution in [0.5, 0.6) is 0 Å². The lowest BCUT2D eigenvalue weighted by atomic mass is 9.96. The van der Waals surface area contributed by atoms with Crippen molar-refractivity contribution < 1.29 is 105 Å². The van der Waals surface area contributed by atoms with E-state index < -0.39 is 149 Å². The van der Waals surface area contributed by atoms with Crippen LogP contribution in [-0.2, 0) is 33.2 Å². The molecule has 4 saturated heterocycles. The normalized spacial score (nSPS) is 52.9. The summed E-state index contributed by atoms with van der Waals surface area (Å²) in [5.41, 5.74) is 0. The Morgan fingerprint density at radius 2 is 0.778 bits per heavy atom. The average molecular weight is 667 g/mol. The molecule has 21 nitrogen and oxygen atoms in total. The molecule has 4 rings (SSSR count). The van der Waals surface area contributed by atoms with E-state index in [0.29, 0.717) is 0 Å². The van der Waals surface area contributed by atoms with Crippen molar-refractivity contribution in [2.75, 3.05) is 26.4 Å². The molecule has 20 atom stereocenters. The third-order valence-corrected chi connectivity index (χ3v) is 8.17. The molecule has 0 aromatic rings. The van der Waals surface area contributed by atoms with Gasteiger partial charge in [-0.05, 0) is 0 Å². The minimum Gasteiger partial charge on any atom is -0.394 e. The van der Waals surface area contributed by atoms with Crippen LogP contribution in [0.1, 0.15) is 0 Å². The molecule has 0 radical (unpaired) electrons. The fourth-order valence-electron chi connectivity index (χ4n) is 5.33. The van der Waals surface area contributed by atoms with Crippen molar-refractivity contribution in [3.8, 4) is 0 Å². The monoisotopic (exact) mass is 666 g/mol. The Labute approximate surface area is 254 Å². The lowest BCUT2D eigenvalue weighted by Gasteiger charge is -2.46. The largest absolute Gasteiger partial charge is 0.394 e. The highest BCUT2D eigenvalue weighted by Gasteiger charge is 2.52. The molecule has 0 amide bonds. The Hall–Kier alpha value is -0.840. The van der Waals surface area contributed by atoms with Gasteiger partial charge >= 0.3 is 0 Å². The van der Waals surface area contributed by atoms with Gasteiger partial charge in [-0.25, -0.2) is 0 Å². The van der Waals surface area contributed by atoms with Crippen molar-refractivity contribution in [2.45, 2.75) is 123 Å². The zero-order chi connectivity index (χ0) is 33.3. The Bertz CT molecular complexity index is 916. The van der Waals surface area contributed by atoms with E-state index in [-0.39, 0.29) is 0 Å². The lowest BCUT2D eigenvalue weighted by molar-refractivity contribution is -0.366. The summed E-state index contributed by atoms with van der Waals surface area (Å²) in [6.07, 6.45) is -34.6. The van der Waals surface area contributed by atoms with E-state index in [4.69, 9.17) is 33.2 Å². The van der Waals surface area contributed by atoms with E-state index in [0.717, 1.165) is 0 Å². The Balaban J connectivity index is 1.39. The van der Waals surface area contributed by atoms with Crippen molar-refractivity contribution in [3.05, 3.63) is 0 Å². The van der Waals surface area contributed by atoms with E-state index >= 15 is 0 Å². The van der Waals surface area contributed by atoms with Gasteiger partial charge in [-0.15, -0.1) is 0 Å². The maximum Gasteiger partial charge on any atom is 0.187 e. The second-order valence-electron chi connectivity index (χ2n) is 11.2. The lowest BCUT2D eigenvalue weighted by Crippen LogP contribution is -2.65. The molecule has 14 N–H and O–H groups in total. The SMILES string of the molecule is OC[C@H]1O[C@H](O[C@@H]2[C@@H](O)[C@@H](OC[C@H]3O[C@H](OC[C@H]4O[C@@H](O)[C@H](O)[C@@H](O)[C@@H]4O)[C@H](O)[C@@H](O)[C@@H]3O)O[C@H](CO)[C@H]2O)[C@H](O)[C@@H](O)[C@@H]1O. The molecular formula is C24H42O21. The highest BCUT2D eigenvalue weighted by molar-refractivity contribution is 4.95. The van der Waals surface area contributed by atoms with Gasteiger partial charge < -0.3 is 105 Å². The van der Waals surface area contributed by atoms with E-state index in [9.17, 15) is 71.5 Å². The third-order valence-electron chi connectivity index (χ3n) is 8.17. The molecule has 0 unspecified atom stereocenters. The summed E-state index contributed by atoms with van der Waals surface area (Å²) in [4.78, 5) is 0. The quantitative estimate of drug-likeness (QED) is 0.103. The van der Waals surface area contributed by atoms with E-state index in [1.54, 1.807) is 0 Å². The van der Waals surface area contributed by atoms with Crippen molar-refractivity contribution in [1.82, 2.24) is 0 Å². The van der Waals surface area contributed by atoms with Crippen LogP contribution in [0.25, 0.3) is 0 Å². The predicted molar refractivity (Wildman–Crippen MR) is 134 cm³/mol. The topological polar surface area (TPSA) is 348 Å².